The second kappa shape index (κ2) is 6.25. The Kier molecular flexibility index (Phi) is 4.88. The second-order valence-electron chi connectivity index (χ2n) is 6.45. The van der Waals surface area contributed by atoms with Gasteiger partial charge in [-0.1, -0.05) is 50.4 Å². The van der Waals surface area contributed by atoms with Crippen LogP contribution in [0.25, 0.3) is 0 Å². The number of benzene rings is 1. The van der Waals surface area contributed by atoms with Crippen molar-refractivity contribution in [2.24, 2.45) is 17.2 Å². The topological polar surface area (TPSA) is 38.0 Å². The summed E-state index contributed by atoms with van der Waals surface area (Å²) in [5.41, 5.74) is 4.68. The van der Waals surface area contributed by atoms with Crippen molar-refractivity contribution in [2.45, 2.75) is 52.0 Å². The minimum atomic E-state index is 0.328. The van der Waals surface area contributed by atoms with Crippen molar-refractivity contribution in [1.82, 2.24) is 5.43 Å². The van der Waals surface area contributed by atoms with Crippen molar-refractivity contribution in [2.75, 3.05) is 0 Å². The predicted molar refractivity (Wildman–Crippen MR) is 82.0 cm³/mol. The molecule has 0 heterocycles. The van der Waals surface area contributed by atoms with Crippen LogP contribution < -0.4 is 11.3 Å². The average molecular weight is 281 g/mol. The summed E-state index contributed by atoms with van der Waals surface area (Å²) in [6, 6.07) is 8.43. The maximum Gasteiger partial charge on any atom is 0.0408 e. The van der Waals surface area contributed by atoms with E-state index in [0.29, 0.717) is 17.4 Å². The van der Waals surface area contributed by atoms with Crippen LogP contribution in [-0.4, -0.2) is 6.04 Å². The SMILES string of the molecule is CC1(C)CCCCC1C(Cc1cccc(Cl)c1)NN. The van der Waals surface area contributed by atoms with Gasteiger partial charge in [-0.05, 0) is 48.3 Å². The molecule has 0 aromatic heterocycles. The molecule has 3 heteroatoms. The Hall–Kier alpha value is -0.570. The van der Waals surface area contributed by atoms with Crippen molar-refractivity contribution in [3.63, 3.8) is 0 Å². The summed E-state index contributed by atoms with van der Waals surface area (Å²) in [6.45, 7) is 4.75. The largest absolute Gasteiger partial charge is 0.271 e. The minimum Gasteiger partial charge on any atom is -0.271 e. The summed E-state index contributed by atoms with van der Waals surface area (Å²) < 4.78 is 0. The highest BCUT2D eigenvalue weighted by Crippen LogP contribution is 2.42. The Labute approximate surface area is 121 Å². The van der Waals surface area contributed by atoms with E-state index in [9.17, 15) is 0 Å². The fourth-order valence-corrected chi connectivity index (χ4v) is 3.71. The third-order valence-corrected chi connectivity index (χ3v) is 4.87. The van der Waals surface area contributed by atoms with Crippen LogP contribution in [0.1, 0.15) is 45.1 Å². The number of nitrogens with two attached hydrogens (primary N) is 1. The first-order valence-electron chi connectivity index (χ1n) is 7.23. The van der Waals surface area contributed by atoms with Crippen LogP contribution in [0.3, 0.4) is 0 Å². The lowest BCUT2D eigenvalue weighted by molar-refractivity contribution is 0.0982. The van der Waals surface area contributed by atoms with Crippen molar-refractivity contribution in [1.29, 1.82) is 0 Å². The smallest absolute Gasteiger partial charge is 0.0408 e. The molecule has 2 unspecified atom stereocenters. The summed E-state index contributed by atoms with van der Waals surface area (Å²) in [5, 5.41) is 0.802. The van der Waals surface area contributed by atoms with Crippen molar-refractivity contribution in [3.8, 4) is 0 Å². The van der Waals surface area contributed by atoms with Crippen LogP contribution in [0, 0.1) is 11.3 Å². The molecule has 1 saturated carbocycles. The Morgan fingerprint density at radius 1 is 1.42 bits per heavy atom. The first-order chi connectivity index (χ1) is 9.03. The van der Waals surface area contributed by atoms with Crippen molar-refractivity contribution < 1.29 is 0 Å². The third-order valence-electron chi connectivity index (χ3n) is 4.63. The van der Waals surface area contributed by atoms with Gasteiger partial charge in [0.1, 0.15) is 0 Å². The van der Waals surface area contributed by atoms with Gasteiger partial charge in [-0.3, -0.25) is 11.3 Å². The second-order valence-corrected chi connectivity index (χ2v) is 6.88. The summed E-state index contributed by atoms with van der Waals surface area (Å²) in [7, 11) is 0. The third kappa shape index (κ3) is 3.71. The molecule has 0 saturated heterocycles. The molecular weight excluding hydrogens is 256 g/mol. The lowest BCUT2D eigenvalue weighted by atomic mass is 9.65. The van der Waals surface area contributed by atoms with Gasteiger partial charge in [0.2, 0.25) is 0 Å². The Morgan fingerprint density at radius 3 is 2.84 bits per heavy atom. The molecule has 106 valence electrons. The van der Waals surface area contributed by atoms with Gasteiger partial charge >= 0.3 is 0 Å². The zero-order valence-electron chi connectivity index (χ0n) is 12.0. The normalized spacial score (nSPS) is 24.1. The van der Waals surface area contributed by atoms with Crippen LogP contribution in [0.2, 0.25) is 5.02 Å². The van der Waals surface area contributed by atoms with Gasteiger partial charge in [-0.25, -0.2) is 0 Å². The fourth-order valence-electron chi connectivity index (χ4n) is 3.50. The number of nitrogens with one attached hydrogen (secondary N) is 1. The molecule has 0 spiro atoms. The maximum atomic E-state index is 6.06. The number of rotatable bonds is 4. The lowest BCUT2D eigenvalue weighted by Crippen LogP contribution is -2.48. The standard InChI is InChI=1S/C16H25ClN2/c1-16(2)9-4-3-8-14(16)15(19-18)11-12-6-5-7-13(17)10-12/h5-7,10,14-15,19H,3-4,8-9,11,18H2,1-2H3. The summed E-state index contributed by atoms with van der Waals surface area (Å²) in [5.74, 6) is 6.46. The number of hydrogen-bond donors (Lipinski definition) is 2. The van der Waals surface area contributed by atoms with E-state index in [1.165, 1.54) is 31.2 Å². The van der Waals surface area contributed by atoms with Crippen LogP contribution in [-0.2, 0) is 6.42 Å². The molecule has 2 atom stereocenters. The quantitative estimate of drug-likeness (QED) is 0.648. The van der Waals surface area contributed by atoms with Gasteiger partial charge in [0.25, 0.3) is 0 Å². The molecule has 0 radical (unpaired) electrons. The highest BCUT2D eigenvalue weighted by Gasteiger charge is 2.37. The Morgan fingerprint density at radius 2 is 2.21 bits per heavy atom. The van der Waals surface area contributed by atoms with E-state index < -0.39 is 0 Å². The molecule has 1 aromatic rings. The molecule has 1 aliphatic carbocycles. The highest BCUT2D eigenvalue weighted by molar-refractivity contribution is 6.30. The Balaban J connectivity index is 2.11. The lowest BCUT2D eigenvalue weighted by Gasteiger charge is -2.43. The average Bonchev–Trinajstić information content (AvgIpc) is 2.36. The minimum absolute atomic E-state index is 0.328. The molecule has 19 heavy (non-hydrogen) atoms. The van der Waals surface area contributed by atoms with E-state index in [0.717, 1.165) is 11.4 Å². The van der Waals surface area contributed by atoms with Crippen LogP contribution >= 0.6 is 11.6 Å². The fraction of sp³-hybridized carbons (Fsp3) is 0.625. The van der Waals surface area contributed by atoms with Crippen LogP contribution in [0.5, 0.6) is 0 Å². The Bertz CT molecular complexity index is 417. The molecular formula is C16H25ClN2. The van der Waals surface area contributed by atoms with Gasteiger partial charge < -0.3 is 0 Å². The van der Waals surface area contributed by atoms with Gasteiger partial charge in [0, 0.05) is 11.1 Å². The molecule has 1 aromatic carbocycles. The van der Waals surface area contributed by atoms with Crippen molar-refractivity contribution >= 4 is 11.6 Å². The monoisotopic (exact) mass is 280 g/mol. The molecule has 3 N–H and O–H groups in total. The summed E-state index contributed by atoms with van der Waals surface area (Å²) >= 11 is 6.06. The molecule has 2 rings (SSSR count). The molecule has 0 amide bonds. The van der Waals surface area contributed by atoms with E-state index in [1.807, 2.05) is 18.2 Å². The van der Waals surface area contributed by atoms with Gasteiger partial charge in [0.15, 0.2) is 0 Å². The van der Waals surface area contributed by atoms with Crippen molar-refractivity contribution in [3.05, 3.63) is 34.9 Å². The molecule has 2 nitrogen and oxygen atoms in total. The van der Waals surface area contributed by atoms with E-state index >= 15 is 0 Å². The molecule has 0 aliphatic heterocycles. The number of hydrogen-bond acceptors (Lipinski definition) is 2. The van der Waals surface area contributed by atoms with Gasteiger partial charge in [-0.2, -0.15) is 0 Å². The zero-order chi connectivity index (χ0) is 13.9. The number of halogens is 1. The highest BCUT2D eigenvalue weighted by atomic mass is 35.5. The van der Waals surface area contributed by atoms with Gasteiger partial charge in [-0.15, -0.1) is 0 Å². The van der Waals surface area contributed by atoms with E-state index in [2.05, 4.69) is 25.3 Å². The van der Waals surface area contributed by atoms with Crippen LogP contribution in [0.4, 0.5) is 0 Å². The zero-order valence-corrected chi connectivity index (χ0v) is 12.7. The summed E-state index contributed by atoms with van der Waals surface area (Å²) in [4.78, 5) is 0. The van der Waals surface area contributed by atoms with E-state index in [1.54, 1.807) is 0 Å². The molecule has 1 aliphatic rings. The summed E-state index contributed by atoms with van der Waals surface area (Å²) in [6.07, 6.45) is 6.18. The first kappa shape index (κ1) is 14.8. The predicted octanol–water partition coefficient (Wildman–Crippen LogP) is 3.93. The van der Waals surface area contributed by atoms with Gasteiger partial charge in [0.05, 0.1) is 0 Å². The first-order valence-corrected chi connectivity index (χ1v) is 7.61. The molecule has 0 bridgehead atoms. The van der Waals surface area contributed by atoms with E-state index in [4.69, 9.17) is 17.4 Å². The molecule has 1 fully saturated rings. The maximum absolute atomic E-state index is 6.06. The number of hydrazine groups is 1. The van der Waals surface area contributed by atoms with Crippen LogP contribution in [0.15, 0.2) is 24.3 Å². The van der Waals surface area contributed by atoms with E-state index in [-0.39, 0.29) is 0 Å².